The van der Waals surface area contributed by atoms with Crippen LogP contribution in [0, 0.1) is 0 Å². The molecule has 1 aliphatic heterocycles. The van der Waals surface area contributed by atoms with Gasteiger partial charge in [-0.1, -0.05) is 0 Å². The lowest BCUT2D eigenvalue weighted by atomic mass is 9.91. The van der Waals surface area contributed by atoms with Crippen LogP contribution in [0.25, 0.3) is 0 Å². The van der Waals surface area contributed by atoms with E-state index in [2.05, 4.69) is 0 Å². The molecule has 1 aliphatic rings. The molecule has 37 heavy (non-hydrogen) atoms. The molecular weight excluding hydrogens is 601 g/mol. The number of carbonyl (C=O) groups excluding carboxylic acids is 1. The van der Waals surface area contributed by atoms with Crippen LogP contribution in [0.3, 0.4) is 0 Å². The first-order chi connectivity index (χ1) is 15.9. The number of hydrogen-bond donors (Lipinski definition) is 1. The Kier molecular flexibility index (Phi) is 7.82. The Morgan fingerprint density at radius 3 is 1.14 bits per heavy atom. The van der Waals surface area contributed by atoms with Gasteiger partial charge in [0.05, 0.1) is 0 Å². The van der Waals surface area contributed by atoms with Gasteiger partial charge >= 0.3 is 53.0 Å². The lowest BCUT2D eigenvalue weighted by Gasteiger charge is -2.43. The summed E-state index contributed by atoms with van der Waals surface area (Å²) in [6.45, 7) is -4.94. The van der Waals surface area contributed by atoms with Crippen LogP contribution < -0.4 is 5.73 Å². The number of amides is 2. The third kappa shape index (κ3) is 4.30. The minimum Gasteiger partial charge on any atom is -0.351 e. The number of carbonyl (C=O) groups is 1. The summed E-state index contributed by atoms with van der Waals surface area (Å²) in [5, 5.41) is -7.61. The minimum absolute atomic E-state index is 0.467. The molecule has 24 heteroatoms. The third-order valence-corrected chi connectivity index (χ3v) is 6.86. The molecule has 0 aromatic carbocycles. The molecule has 0 bridgehead atoms. The fraction of sp³-hybridized carbons (Fsp3) is 0.923. The monoisotopic (exact) mass is 611 g/mol. The number of urea groups is 1. The van der Waals surface area contributed by atoms with Gasteiger partial charge in [0.2, 0.25) is 0 Å². The number of halogens is 17. The van der Waals surface area contributed by atoms with Crippen LogP contribution in [0.4, 0.5) is 79.4 Å². The van der Waals surface area contributed by atoms with E-state index >= 15 is 0 Å². The van der Waals surface area contributed by atoms with E-state index in [9.17, 15) is 87.8 Å². The number of nitrogens with two attached hydrogens (primary N) is 1. The van der Waals surface area contributed by atoms with E-state index in [1.165, 1.54) is 0 Å². The molecule has 6 nitrogen and oxygen atoms in total. The van der Waals surface area contributed by atoms with Crippen molar-refractivity contribution in [3.63, 3.8) is 0 Å². The predicted octanol–water partition coefficient (Wildman–Crippen LogP) is 3.98. The van der Waals surface area contributed by atoms with Crippen molar-refractivity contribution in [2.24, 2.45) is 5.73 Å². The number of sulfonamides is 1. The number of rotatable bonds is 8. The Morgan fingerprint density at radius 2 is 0.838 bits per heavy atom. The Labute approximate surface area is 193 Å². The zero-order valence-electron chi connectivity index (χ0n) is 16.9. The quantitative estimate of drug-likeness (QED) is 0.422. The second-order valence-corrected chi connectivity index (χ2v) is 9.17. The van der Waals surface area contributed by atoms with Gasteiger partial charge in [0.25, 0.3) is 10.0 Å². The van der Waals surface area contributed by atoms with Crippen molar-refractivity contribution in [2.75, 3.05) is 26.2 Å². The predicted molar refractivity (Wildman–Crippen MR) is 82.3 cm³/mol. The molecule has 0 aliphatic carbocycles. The average molecular weight is 611 g/mol. The Bertz CT molecular complexity index is 986. The summed E-state index contributed by atoms with van der Waals surface area (Å²) in [5.41, 5.74) is 4.73. The first-order valence-corrected chi connectivity index (χ1v) is 10.1. The van der Waals surface area contributed by atoms with Gasteiger partial charge in [-0.05, 0) is 0 Å². The summed E-state index contributed by atoms with van der Waals surface area (Å²) in [7, 11) is -7.35. The van der Waals surface area contributed by atoms with Gasteiger partial charge in [0.1, 0.15) is 0 Å². The summed E-state index contributed by atoms with van der Waals surface area (Å²) >= 11 is 0. The number of nitrogens with zero attached hydrogens (tertiary/aromatic N) is 2. The molecule has 1 heterocycles. The first-order valence-electron chi connectivity index (χ1n) is 8.66. The van der Waals surface area contributed by atoms with Crippen molar-refractivity contribution >= 4 is 16.1 Å². The molecule has 0 radical (unpaired) electrons. The summed E-state index contributed by atoms with van der Waals surface area (Å²) in [6, 6.07) is -1.35. The Hall–Kier alpha value is -2.01. The highest BCUT2D eigenvalue weighted by molar-refractivity contribution is 7.90. The van der Waals surface area contributed by atoms with Crippen LogP contribution in [-0.2, 0) is 10.0 Å². The average Bonchev–Trinajstić information content (AvgIpc) is 2.71. The molecule has 2 N–H and O–H groups in total. The van der Waals surface area contributed by atoms with Crippen molar-refractivity contribution < 1.29 is 87.8 Å². The Morgan fingerprint density at radius 1 is 0.541 bits per heavy atom. The smallest absolute Gasteiger partial charge is 0.351 e. The van der Waals surface area contributed by atoms with Gasteiger partial charge in [-0.15, -0.1) is 0 Å². The van der Waals surface area contributed by atoms with Gasteiger partial charge in [-0.2, -0.15) is 78.9 Å². The molecule has 0 atom stereocenters. The van der Waals surface area contributed by atoms with Crippen molar-refractivity contribution in [2.45, 2.75) is 47.0 Å². The summed E-state index contributed by atoms with van der Waals surface area (Å²) in [6.07, 6.45) is -7.89. The molecule has 2 amide bonds. The molecule has 0 aromatic heterocycles. The van der Waals surface area contributed by atoms with E-state index in [-0.39, 0.29) is 0 Å². The van der Waals surface area contributed by atoms with E-state index in [1.54, 1.807) is 0 Å². The van der Waals surface area contributed by atoms with Gasteiger partial charge < -0.3 is 10.6 Å². The van der Waals surface area contributed by atoms with Crippen LogP contribution in [0.15, 0.2) is 0 Å². The van der Waals surface area contributed by atoms with Crippen LogP contribution in [0.1, 0.15) is 0 Å². The second kappa shape index (κ2) is 8.76. The standard InChI is InChI=1S/C13H10F17N3O3S/c14-6(15,8(18,19)10(22,23)12(26,27)28)7(16,17)9(20,21)11(24,25)13(29,30)37(35,36)33-3-1-32(2-4-33)5(31)34/h1-4H2,(H2,31,34). The van der Waals surface area contributed by atoms with Crippen LogP contribution in [0.2, 0.25) is 0 Å². The molecule has 0 spiro atoms. The molecule has 1 saturated heterocycles. The normalized spacial score (nSPS) is 18.8. The van der Waals surface area contributed by atoms with E-state index in [0.29, 0.717) is 4.90 Å². The number of alkyl halides is 17. The fourth-order valence-corrected chi connectivity index (χ4v) is 4.04. The summed E-state index contributed by atoms with van der Waals surface area (Å²) < 4.78 is 248. The number of hydrogen-bond acceptors (Lipinski definition) is 3. The van der Waals surface area contributed by atoms with Crippen LogP contribution in [0.5, 0.6) is 0 Å². The van der Waals surface area contributed by atoms with E-state index in [1.807, 2.05) is 0 Å². The molecule has 1 fully saturated rings. The number of piperazine rings is 1. The zero-order valence-corrected chi connectivity index (χ0v) is 17.7. The van der Waals surface area contributed by atoms with Gasteiger partial charge in [0.15, 0.2) is 0 Å². The largest absolute Gasteiger partial charge is 0.460 e. The highest BCUT2D eigenvalue weighted by atomic mass is 32.2. The van der Waals surface area contributed by atoms with E-state index < -0.39 is 93.5 Å². The van der Waals surface area contributed by atoms with Crippen LogP contribution in [-0.4, -0.2) is 96.8 Å². The van der Waals surface area contributed by atoms with Crippen molar-refractivity contribution in [1.29, 1.82) is 0 Å². The number of primary amides is 1. The van der Waals surface area contributed by atoms with Crippen molar-refractivity contribution in [3.8, 4) is 0 Å². The maximum absolute atomic E-state index is 14.1. The molecule has 220 valence electrons. The topological polar surface area (TPSA) is 83.7 Å². The second-order valence-electron chi connectivity index (χ2n) is 7.19. The first kappa shape index (κ1) is 33.0. The van der Waals surface area contributed by atoms with E-state index in [0.717, 1.165) is 0 Å². The van der Waals surface area contributed by atoms with Crippen molar-refractivity contribution in [1.82, 2.24) is 9.21 Å². The lowest BCUT2D eigenvalue weighted by molar-refractivity contribution is -0.458. The van der Waals surface area contributed by atoms with Gasteiger partial charge in [0, 0.05) is 26.2 Å². The van der Waals surface area contributed by atoms with Gasteiger partial charge in [-0.25, -0.2) is 13.2 Å². The highest BCUT2D eigenvalue weighted by Gasteiger charge is 2.96. The Balaban J connectivity index is 3.62. The lowest BCUT2D eigenvalue weighted by Crippen LogP contribution is -2.75. The maximum Gasteiger partial charge on any atom is 0.460 e. The third-order valence-electron chi connectivity index (χ3n) is 4.91. The van der Waals surface area contributed by atoms with E-state index in [4.69, 9.17) is 5.73 Å². The van der Waals surface area contributed by atoms with Crippen molar-refractivity contribution in [3.05, 3.63) is 0 Å². The summed E-state index contributed by atoms with van der Waals surface area (Å²) in [4.78, 5) is 11.4. The molecule has 0 unspecified atom stereocenters. The SMILES string of the molecule is NC(=O)N1CCN(S(=O)(=O)C(F)(F)C(F)(F)C(F)(F)C(F)(F)C(F)(F)C(F)(F)C(F)(F)C(F)(F)F)CC1. The molecular formula is C13H10F17N3O3S. The molecule has 0 saturated carbocycles. The molecule has 0 aromatic rings. The minimum atomic E-state index is -8.88. The fourth-order valence-electron chi connectivity index (χ4n) is 2.62. The van der Waals surface area contributed by atoms with Gasteiger partial charge in [-0.3, -0.25) is 0 Å². The maximum atomic E-state index is 14.1. The summed E-state index contributed by atoms with van der Waals surface area (Å²) in [5.74, 6) is -51.9. The molecule has 1 rings (SSSR count). The highest BCUT2D eigenvalue weighted by Crippen LogP contribution is 2.64. The van der Waals surface area contributed by atoms with Crippen LogP contribution >= 0.6 is 0 Å². The zero-order chi connectivity index (χ0) is 30.1.